The molecule has 0 saturated heterocycles. The fraction of sp³-hybridized carbons (Fsp3) is 0.455. The Bertz CT molecular complexity index is 287. The van der Waals surface area contributed by atoms with Crippen LogP contribution in [0.1, 0.15) is 12.0 Å². The molecule has 0 aliphatic rings. The van der Waals surface area contributed by atoms with Gasteiger partial charge in [0.05, 0.1) is 13.7 Å². The number of benzene rings is 1. The van der Waals surface area contributed by atoms with E-state index in [0.29, 0.717) is 6.61 Å². The molecule has 78 valence electrons. The molecule has 0 atom stereocenters. The van der Waals surface area contributed by atoms with Gasteiger partial charge < -0.3 is 9.47 Å². The van der Waals surface area contributed by atoms with Gasteiger partial charge in [-0.3, -0.25) is 0 Å². The highest BCUT2D eigenvalue weighted by molar-refractivity contribution is 7.80. The Hall–Kier alpha value is -0.830. The number of thiol groups is 1. The minimum Gasteiger partial charge on any atom is -0.493 e. The standard InChI is InChI=1S/C11H16O2S/c1-9-4-5-10(11(8-9)12-2)13-6-3-7-14/h4-5,8,14H,3,6-7H2,1-2H3. The van der Waals surface area contributed by atoms with Gasteiger partial charge in [-0.15, -0.1) is 0 Å². The lowest BCUT2D eigenvalue weighted by atomic mass is 10.2. The molecule has 0 fully saturated rings. The van der Waals surface area contributed by atoms with Gasteiger partial charge in [-0.2, -0.15) is 12.6 Å². The van der Waals surface area contributed by atoms with Gasteiger partial charge in [-0.1, -0.05) is 6.07 Å². The highest BCUT2D eigenvalue weighted by Gasteiger charge is 2.03. The molecule has 0 aliphatic carbocycles. The zero-order valence-electron chi connectivity index (χ0n) is 8.62. The molecule has 1 rings (SSSR count). The van der Waals surface area contributed by atoms with Crippen LogP contribution in [0.3, 0.4) is 0 Å². The van der Waals surface area contributed by atoms with E-state index in [0.717, 1.165) is 23.7 Å². The third-order valence-corrected chi connectivity index (χ3v) is 2.20. The fourth-order valence-corrected chi connectivity index (χ4v) is 1.27. The maximum Gasteiger partial charge on any atom is 0.161 e. The van der Waals surface area contributed by atoms with E-state index in [-0.39, 0.29) is 0 Å². The summed E-state index contributed by atoms with van der Waals surface area (Å²) in [5.41, 5.74) is 1.17. The predicted molar refractivity (Wildman–Crippen MR) is 61.7 cm³/mol. The Morgan fingerprint density at radius 1 is 1.29 bits per heavy atom. The summed E-state index contributed by atoms with van der Waals surface area (Å²) in [5.74, 6) is 2.44. The summed E-state index contributed by atoms with van der Waals surface area (Å²) in [6, 6.07) is 5.92. The average Bonchev–Trinajstić information content (AvgIpc) is 2.20. The summed E-state index contributed by atoms with van der Waals surface area (Å²) in [5, 5.41) is 0. The number of hydrogen-bond donors (Lipinski definition) is 1. The summed E-state index contributed by atoms with van der Waals surface area (Å²) in [7, 11) is 1.65. The molecule has 0 amide bonds. The van der Waals surface area contributed by atoms with Crippen molar-refractivity contribution in [3.63, 3.8) is 0 Å². The van der Waals surface area contributed by atoms with Crippen molar-refractivity contribution in [2.24, 2.45) is 0 Å². The van der Waals surface area contributed by atoms with Crippen molar-refractivity contribution in [2.45, 2.75) is 13.3 Å². The Morgan fingerprint density at radius 2 is 2.07 bits per heavy atom. The molecule has 0 bridgehead atoms. The van der Waals surface area contributed by atoms with Gasteiger partial charge in [0.25, 0.3) is 0 Å². The molecule has 1 aromatic rings. The molecular weight excluding hydrogens is 196 g/mol. The summed E-state index contributed by atoms with van der Waals surface area (Å²) < 4.78 is 10.8. The Labute approximate surface area is 90.6 Å². The second-order valence-corrected chi connectivity index (χ2v) is 3.53. The van der Waals surface area contributed by atoms with E-state index in [1.165, 1.54) is 5.56 Å². The van der Waals surface area contributed by atoms with Crippen molar-refractivity contribution in [3.8, 4) is 11.5 Å². The van der Waals surface area contributed by atoms with Crippen LogP contribution in [0.25, 0.3) is 0 Å². The third-order valence-electron chi connectivity index (χ3n) is 1.88. The van der Waals surface area contributed by atoms with E-state index in [1.807, 2.05) is 25.1 Å². The molecular formula is C11H16O2S. The number of ether oxygens (including phenoxy) is 2. The maximum absolute atomic E-state index is 5.55. The van der Waals surface area contributed by atoms with Crippen LogP contribution in [0.2, 0.25) is 0 Å². The summed E-state index contributed by atoms with van der Waals surface area (Å²) in [6.07, 6.45) is 0.945. The largest absolute Gasteiger partial charge is 0.493 e. The fourth-order valence-electron chi connectivity index (χ4n) is 1.14. The second kappa shape index (κ2) is 5.81. The molecule has 0 unspecified atom stereocenters. The van der Waals surface area contributed by atoms with Gasteiger partial charge in [0.1, 0.15) is 0 Å². The summed E-state index contributed by atoms with van der Waals surface area (Å²) in [6.45, 7) is 2.71. The molecule has 0 saturated carbocycles. The van der Waals surface area contributed by atoms with Gasteiger partial charge >= 0.3 is 0 Å². The highest BCUT2D eigenvalue weighted by Crippen LogP contribution is 2.27. The van der Waals surface area contributed by atoms with Gasteiger partial charge in [-0.25, -0.2) is 0 Å². The molecule has 0 aromatic heterocycles. The molecule has 1 aromatic carbocycles. The summed E-state index contributed by atoms with van der Waals surface area (Å²) >= 11 is 4.12. The van der Waals surface area contributed by atoms with Crippen molar-refractivity contribution in [1.29, 1.82) is 0 Å². The quantitative estimate of drug-likeness (QED) is 0.597. The number of methoxy groups -OCH3 is 1. The lowest BCUT2D eigenvalue weighted by Gasteiger charge is -2.10. The van der Waals surface area contributed by atoms with Crippen LogP contribution in [-0.4, -0.2) is 19.5 Å². The lowest BCUT2D eigenvalue weighted by Crippen LogP contribution is -1.99. The first-order valence-corrected chi connectivity index (χ1v) is 5.29. The second-order valence-electron chi connectivity index (χ2n) is 3.08. The first-order valence-electron chi connectivity index (χ1n) is 4.66. The van der Waals surface area contributed by atoms with E-state index in [4.69, 9.17) is 9.47 Å². The topological polar surface area (TPSA) is 18.5 Å². The number of hydrogen-bond acceptors (Lipinski definition) is 3. The molecule has 0 radical (unpaired) electrons. The van der Waals surface area contributed by atoms with Crippen molar-refractivity contribution in [2.75, 3.05) is 19.5 Å². The van der Waals surface area contributed by atoms with Crippen LogP contribution < -0.4 is 9.47 Å². The molecule has 14 heavy (non-hydrogen) atoms. The maximum atomic E-state index is 5.55. The van der Waals surface area contributed by atoms with Gasteiger partial charge in [0, 0.05) is 0 Å². The smallest absolute Gasteiger partial charge is 0.161 e. The van der Waals surface area contributed by atoms with E-state index in [1.54, 1.807) is 7.11 Å². The van der Waals surface area contributed by atoms with E-state index >= 15 is 0 Å². The minimum atomic E-state index is 0.683. The zero-order valence-corrected chi connectivity index (χ0v) is 9.51. The van der Waals surface area contributed by atoms with Crippen LogP contribution in [0, 0.1) is 6.92 Å². The predicted octanol–water partition coefficient (Wildman–Crippen LogP) is 2.70. The first kappa shape index (κ1) is 11.2. The monoisotopic (exact) mass is 212 g/mol. The van der Waals surface area contributed by atoms with Crippen molar-refractivity contribution < 1.29 is 9.47 Å². The molecule has 0 heterocycles. The number of aryl methyl sites for hydroxylation is 1. The Morgan fingerprint density at radius 3 is 2.71 bits per heavy atom. The molecule has 0 aliphatic heterocycles. The van der Waals surface area contributed by atoms with E-state index in [9.17, 15) is 0 Å². The zero-order chi connectivity index (χ0) is 10.4. The first-order chi connectivity index (χ1) is 6.77. The van der Waals surface area contributed by atoms with Crippen LogP contribution in [0.15, 0.2) is 18.2 Å². The Kier molecular flexibility index (Phi) is 4.66. The van der Waals surface area contributed by atoms with E-state index in [2.05, 4.69) is 12.6 Å². The molecule has 0 N–H and O–H groups in total. The molecule has 2 nitrogen and oxygen atoms in total. The van der Waals surface area contributed by atoms with Crippen molar-refractivity contribution in [3.05, 3.63) is 23.8 Å². The van der Waals surface area contributed by atoms with Crippen LogP contribution >= 0.6 is 12.6 Å². The van der Waals surface area contributed by atoms with Gasteiger partial charge in [-0.05, 0) is 36.8 Å². The Balaban J connectivity index is 2.65. The normalized spacial score (nSPS) is 9.93. The molecule has 3 heteroatoms. The third kappa shape index (κ3) is 3.14. The van der Waals surface area contributed by atoms with Crippen molar-refractivity contribution >= 4 is 12.6 Å². The number of rotatable bonds is 5. The van der Waals surface area contributed by atoms with Gasteiger partial charge in [0.2, 0.25) is 0 Å². The lowest BCUT2D eigenvalue weighted by molar-refractivity contribution is 0.295. The van der Waals surface area contributed by atoms with Crippen LogP contribution in [0.5, 0.6) is 11.5 Å². The highest BCUT2D eigenvalue weighted by atomic mass is 32.1. The summed E-state index contributed by atoms with van der Waals surface area (Å²) in [4.78, 5) is 0. The average molecular weight is 212 g/mol. The van der Waals surface area contributed by atoms with Crippen LogP contribution in [-0.2, 0) is 0 Å². The van der Waals surface area contributed by atoms with Gasteiger partial charge in [0.15, 0.2) is 11.5 Å². The van der Waals surface area contributed by atoms with E-state index < -0.39 is 0 Å². The van der Waals surface area contributed by atoms with Crippen LogP contribution in [0.4, 0.5) is 0 Å². The minimum absolute atomic E-state index is 0.683. The molecule has 0 spiro atoms. The van der Waals surface area contributed by atoms with Crippen molar-refractivity contribution in [1.82, 2.24) is 0 Å². The SMILES string of the molecule is COc1cc(C)ccc1OCCCS.